The molecule has 0 aliphatic rings. The van der Waals surface area contributed by atoms with Crippen molar-refractivity contribution < 1.29 is 4.79 Å². The van der Waals surface area contributed by atoms with Gasteiger partial charge in [-0.3, -0.25) is 9.78 Å². The summed E-state index contributed by atoms with van der Waals surface area (Å²) in [6.07, 6.45) is 3.19. The fourth-order valence-corrected chi connectivity index (χ4v) is 2.16. The summed E-state index contributed by atoms with van der Waals surface area (Å²) >= 11 is 0. The van der Waals surface area contributed by atoms with Crippen LogP contribution in [0.1, 0.15) is 21.6 Å². The molecular weight excluding hydrogens is 276 g/mol. The third-order valence-electron chi connectivity index (χ3n) is 3.29. The number of nitrogens with one attached hydrogen (secondary N) is 1. The van der Waals surface area contributed by atoms with Crippen LogP contribution in [0.5, 0.6) is 0 Å². The fourth-order valence-electron chi connectivity index (χ4n) is 2.16. The van der Waals surface area contributed by atoms with Gasteiger partial charge in [-0.2, -0.15) is 5.10 Å². The van der Waals surface area contributed by atoms with E-state index >= 15 is 0 Å². The second-order valence-corrected chi connectivity index (χ2v) is 5.11. The van der Waals surface area contributed by atoms with Gasteiger partial charge in [-0.15, -0.1) is 0 Å². The lowest BCUT2D eigenvalue weighted by Crippen LogP contribution is -2.15. The molecule has 5 heteroatoms. The molecule has 22 heavy (non-hydrogen) atoms. The Morgan fingerprint density at radius 2 is 1.73 bits per heavy atom. The Bertz CT molecular complexity index is 791. The van der Waals surface area contributed by atoms with Crippen LogP contribution in [0.2, 0.25) is 0 Å². The molecule has 0 unspecified atom stereocenters. The van der Waals surface area contributed by atoms with Crippen LogP contribution in [-0.4, -0.2) is 20.7 Å². The summed E-state index contributed by atoms with van der Waals surface area (Å²) in [6, 6.07) is 13.2. The first-order valence-electron chi connectivity index (χ1n) is 6.98. The maximum Gasteiger partial charge on any atom is 0.256 e. The zero-order chi connectivity index (χ0) is 15.5. The summed E-state index contributed by atoms with van der Waals surface area (Å²) in [4.78, 5) is 16.2. The van der Waals surface area contributed by atoms with Crippen molar-refractivity contribution in [3.8, 4) is 5.69 Å². The zero-order valence-electron chi connectivity index (χ0n) is 12.4. The Balaban J connectivity index is 1.92. The normalized spacial score (nSPS) is 10.5. The van der Waals surface area contributed by atoms with Crippen molar-refractivity contribution in [2.45, 2.75) is 13.8 Å². The third-order valence-corrected chi connectivity index (χ3v) is 3.29. The number of benzene rings is 1. The molecule has 3 rings (SSSR count). The number of hydrogen-bond acceptors (Lipinski definition) is 3. The van der Waals surface area contributed by atoms with E-state index in [0.717, 1.165) is 11.4 Å². The Hall–Kier alpha value is -2.95. The molecule has 0 fully saturated rings. The van der Waals surface area contributed by atoms with E-state index in [9.17, 15) is 4.79 Å². The van der Waals surface area contributed by atoms with Crippen molar-refractivity contribution >= 4 is 11.7 Å². The van der Waals surface area contributed by atoms with Gasteiger partial charge in [-0.25, -0.2) is 4.68 Å². The minimum atomic E-state index is -0.185. The number of carbonyl (C=O) groups excluding carboxylic acids is 1. The quantitative estimate of drug-likeness (QED) is 0.806. The number of hydrogen-bond donors (Lipinski definition) is 1. The molecule has 1 N–H and O–H groups in total. The van der Waals surface area contributed by atoms with Gasteiger partial charge in [0.25, 0.3) is 5.91 Å². The van der Waals surface area contributed by atoms with Gasteiger partial charge >= 0.3 is 0 Å². The SMILES string of the molecule is Cc1ccc(-n2nc(C)cc2NC(=O)c2ccncc2)cc1. The predicted octanol–water partition coefficient (Wildman–Crippen LogP) is 3.14. The van der Waals surface area contributed by atoms with E-state index in [1.54, 1.807) is 29.2 Å². The monoisotopic (exact) mass is 292 g/mol. The highest BCUT2D eigenvalue weighted by molar-refractivity contribution is 6.03. The van der Waals surface area contributed by atoms with Crippen LogP contribution in [0.15, 0.2) is 54.9 Å². The molecule has 110 valence electrons. The number of anilines is 1. The minimum absolute atomic E-state index is 0.185. The van der Waals surface area contributed by atoms with Crippen molar-refractivity contribution in [2.24, 2.45) is 0 Å². The smallest absolute Gasteiger partial charge is 0.256 e. The van der Waals surface area contributed by atoms with E-state index in [1.807, 2.05) is 44.2 Å². The van der Waals surface area contributed by atoms with Crippen LogP contribution >= 0.6 is 0 Å². The first kappa shape index (κ1) is 14.0. The molecule has 0 saturated carbocycles. The average Bonchev–Trinajstić information content (AvgIpc) is 2.89. The zero-order valence-corrected chi connectivity index (χ0v) is 12.4. The minimum Gasteiger partial charge on any atom is -0.306 e. The summed E-state index contributed by atoms with van der Waals surface area (Å²) in [6.45, 7) is 3.93. The van der Waals surface area contributed by atoms with Crippen LogP contribution in [0.25, 0.3) is 5.69 Å². The van der Waals surface area contributed by atoms with E-state index in [-0.39, 0.29) is 5.91 Å². The molecule has 1 amide bonds. The molecule has 5 nitrogen and oxygen atoms in total. The lowest BCUT2D eigenvalue weighted by atomic mass is 10.2. The third kappa shape index (κ3) is 2.88. The highest BCUT2D eigenvalue weighted by atomic mass is 16.1. The van der Waals surface area contributed by atoms with Gasteiger partial charge in [-0.1, -0.05) is 17.7 Å². The van der Waals surface area contributed by atoms with E-state index in [2.05, 4.69) is 15.4 Å². The fraction of sp³-hybridized carbons (Fsp3) is 0.118. The summed E-state index contributed by atoms with van der Waals surface area (Å²) in [5.41, 5.74) is 3.48. The number of aryl methyl sites for hydroxylation is 2. The van der Waals surface area contributed by atoms with Crippen molar-refractivity contribution in [3.05, 3.63) is 71.7 Å². The Kier molecular flexibility index (Phi) is 3.70. The van der Waals surface area contributed by atoms with Gasteiger partial charge in [0.2, 0.25) is 0 Å². The van der Waals surface area contributed by atoms with Gasteiger partial charge in [0.1, 0.15) is 5.82 Å². The molecule has 0 radical (unpaired) electrons. The first-order chi connectivity index (χ1) is 10.6. The first-order valence-corrected chi connectivity index (χ1v) is 6.98. The molecular formula is C17H16N4O. The van der Waals surface area contributed by atoms with Crippen LogP contribution in [-0.2, 0) is 0 Å². The molecule has 2 heterocycles. The molecule has 3 aromatic rings. The topological polar surface area (TPSA) is 59.8 Å². The molecule has 0 aliphatic carbocycles. The molecule has 1 aromatic carbocycles. The summed E-state index contributed by atoms with van der Waals surface area (Å²) in [5, 5.41) is 7.34. The van der Waals surface area contributed by atoms with E-state index in [1.165, 1.54) is 5.56 Å². The summed E-state index contributed by atoms with van der Waals surface area (Å²) in [7, 11) is 0. The Morgan fingerprint density at radius 1 is 1.05 bits per heavy atom. The number of rotatable bonds is 3. The second-order valence-electron chi connectivity index (χ2n) is 5.11. The standard InChI is InChI=1S/C17H16N4O/c1-12-3-5-15(6-4-12)21-16(11-13(2)20-21)19-17(22)14-7-9-18-10-8-14/h3-11H,1-2H3,(H,19,22). The van der Waals surface area contributed by atoms with Crippen molar-refractivity contribution in [3.63, 3.8) is 0 Å². The van der Waals surface area contributed by atoms with Crippen LogP contribution in [0.4, 0.5) is 5.82 Å². The van der Waals surface area contributed by atoms with Gasteiger partial charge in [-0.05, 0) is 38.1 Å². The Morgan fingerprint density at radius 3 is 2.41 bits per heavy atom. The molecule has 0 atom stereocenters. The maximum atomic E-state index is 12.3. The van der Waals surface area contributed by atoms with Gasteiger partial charge < -0.3 is 5.32 Å². The molecule has 0 spiro atoms. The van der Waals surface area contributed by atoms with Crippen LogP contribution in [0, 0.1) is 13.8 Å². The lowest BCUT2D eigenvalue weighted by Gasteiger charge is -2.09. The van der Waals surface area contributed by atoms with E-state index < -0.39 is 0 Å². The van der Waals surface area contributed by atoms with E-state index in [0.29, 0.717) is 11.4 Å². The van der Waals surface area contributed by atoms with Crippen LogP contribution in [0.3, 0.4) is 0 Å². The van der Waals surface area contributed by atoms with Crippen molar-refractivity contribution in [2.75, 3.05) is 5.32 Å². The number of carbonyl (C=O) groups is 1. The van der Waals surface area contributed by atoms with Crippen molar-refractivity contribution in [1.82, 2.24) is 14.8 Å². The number of aromatic nitrogens is 3. The average molecular weight is 292 g/mol. The van der Waals surface area contributed by atoms with Gasteiger partial charge in [0.05, 0.1) is 11.4 Å². The van der Waals surface area contributed by atoms with Crippen LogP contribution < -0.4 is 5.32 Å². The molecule has 0 aliphatic heterocycles. The Labute approximate surface area is 128 Å². The molecule has 2 aromatic heterocycles. The largest absolute Gasteiger partial charge is 0.306 e. The van der Waals surface area contributed by atoms with Gasteiger partial charge in [0.15, 0.2) is 0 Å². The number of amides is 1. The number of pyridine rings is 1. The summed E-state index contributed by atoms with van der Waals surface area (Å²) in [5.74, 6) is 0.457. The predicted molar refractivity (Wildman–Crippen MR) is 85.2 cm³/mol. The van der Waals surface area contributed by atoms with Crippen molar-refractivity contribution in [1.29, 1.82) is 0 Å². The summed E-state index contributed by atoms with van der Waals surface area (Å²) < 4.78 is 1.73. The second kappa shape index (κ2) is 5.81. The van der Waals surface area contributed by atoms with E-state index in [4.69, 9.17) is 0 Å². The maximum absolute atomic E-state index is 12.3. The van der Waals surface area contributed by atoms with Gasteiger partial charge in [0, 0.05) is 24.0 Å². The highest BCUT2D eigenvalue weighted by Gasteiger charge is 2.12. The number of nitrogens with zero attached hydrogens (tertiary/aromatic N) is 3. The molecule has 0 bridgehead atoms. The molecule has 0 saturated heterocycles. The highest BCUT2D eigenvalue weighted by Crippen LogP contribution is 2.18. The lowest BCUT2D eigenvalue weighted by molar-refractivity contribution is 0.102.